The lowest BCUT2D eigenvalue weighted by Crippen LogP contribution is -2.56. The Bertz CT molecular complexity index is 1340. The van der Waals surface area contributed by atoms with Crippen LogP contribution in [0.1, 0.15) is 21.5 Å². The van der Waals surface area contributed by atoms with Crippen LogP contribution < -0.4 is 11.1 Å². The van der Waals surface area contributed by atoms with Gasteiger partial charge in [-0.2, -0.15) is 0 Å². The number of rotatable bonds is 4. The molecule has 1 aliphatic heterocycles. The Balaban J connectivity index is 1.70. The summed E-state index contributed by atoms with van der Waals surface area (Å²) in [5.41, 5.74) is 7.08. The maximum absolute atomic E-state index is 13.6. The van der Waals surface area contributed by atoms with Crippen molar-refractivity contribution >= 4 is 44.0 Å². The molecule has 0 aliphatic carbocycles. The Morgan fingerprint density at radius 2 is 1.84 bits per heavy atom. The van der Waals surface area contributed by atoms with Crippen LogP contribution in [0.15, 0.2) is 59.5 Å². The summed E-state index contributed by atoms with van der Waals surface area (Å²) in [4.78, 5) is 14.9. The van der Waals surface area contributed by atoms with Crippen LogP contribution in [0.2, 0.25) is 5.02 Å². The largest absolute Gasteiger partial charge is 0.384 e. The number of nitrogen functional groups attached to an aromatic ring is 1. The molecule has 1 atom stereocenters. The second kappa shape index (κ2) is 8.54. The van der Waals surface area contributed by atoms with E-state index in [-0.39, 0.29) is 29.7 Å². The van der Waals surface area contributed by atoms with Gasteiger partial charge in [-0.3, -0.25) is 10.2 Å². The monoisotopic (exact) mass is 470 g/mol. The second-order valence-corrected chi connectivity index (χ2v) is 10.3. The minimum Gasteiger partial charge on any atom is -0.384 e. The predicted octanol–water partition coefficient (Wildman–Crippen LogP) is 2.93. The SMILES string of the molecule is Cc1cc(C(=N)N)ccc1C(=O)N1CCNCC1S(=O)(=O)c1ccc2cc(Cl)ccc2c1. The number of nitrogens with zero attached hydrogens (tertiary/aromatic N) is 1. The van der Waals surface area contributed by atoms with E-state index in [1.807, 2.05) is 0 Å². The molecule has 0 saturated carbocycles. The van der Waals surface area contributed by atoms with Gasteiger partial charge < -0.3 is 16.0 Å². The van der Waals surface area contributed by atoms with Crippen molar-refractivity contribution in [1.82, 2.24) is 10.2 Å². The van der Waals surface area contributed by atoms with Gasteiger partial charge >= 0.3 is 0 Å². The number of halogens is 1. The lowest BCUT2D eigenvalue weighted by Gasteiger charge is -2.36. The van der Waals surface area contributed by atoms with Crippen LogP contribution in [0.25, 0.3) is 10.8 Å². The summed E-state index contributed by atoms with van der Waals surface area (Å²) in [5.74, 6) is -0.451. The molecule has 1 fully saturated rings. The van der Waals surface area contributed by atoms with Crippen LogP contribution in [0.5, 0.6) is 0 Å². The first-order valence-electron chi connectivity index (χ1n) is 10.1. The number of benzene rings is 3. The number of hydrogen-bond acceptors (Lipinski definition) is 5. The number of sulfone groups is 1. The Morgan fingerprint density at radius 1 is 1.12 bits per heavy atom. The highest BCUT2D eigenvalue weighted by Crippen LogP contribution is 2.27. The van der Waals surface area contributed by atoms with Crippen molar-refractivity contribution in [2.75, 3.05) is 19.6 Å². The summed E-state index contributed by atoms with van der Waals surface area (Å²) in [6, 6.07) is 15.0. The standard InChI is InChI=1S/C23H23ClN4O3S/c1-14-10-17(22(25)26)4-7-20(14)23(29)28-9-8-27-13-21(28)32(30,31)19-6-3-15-11-18(24)5-2-16(15)12-19/h2-7,10-12,21,27H,8-9,13H2,1H3,(H3,25,26). The number of aryl methyl sites for hydroxylation is 1. The number of carbonyl (C=O) groups excluding carboxylic acids is 1. The molecule has 3 aromatic carbocycles. The van der Waals surface area contributed by atoms with Gasteiger partial charge in [0.15, 0.2) is 5.37 Å². The quantitative estimate of drug-likeness (QED) is 0.400. The molecule has 9 heteroatoms. The van der Waals surface area contributed by atoms with Crippen molar-refractivity contribution in [2.45, 2.75) is 17.2 Å². The summed E-state index contributed by atoms with van der Waals surface area (Å²) in [6.45, 7) is 2.65. The normalized spacial score (nSPS) is 16.8. The molecule has 4 rings (SSSR count). The molecule has 0 radical (unpaired) electrons. The van der Waals surface area contributed by atoms with Gasteiger partial charge in [-0.1, -0.05) is 29.8 Å². The van der Waals surface area contributed by atoms with E-state index in [9.17, 15) is 13.2 Å². The molecule has 7 nitrogen and oxygen atoms in total. The molecular formula is C23H23ClN4O3S. The molecule has 3 aromatic rings. The summed E-state index contributed by atoms with van der Waals surface area (Å²) in [5, 5.41) is 11.8. The molecule has 32 heavy (non-hydrogen) atoms. The van der Waals surface area contributed by atoms with Crippen molar-refractivity contribution in [3.05, 3.63) is 76.3 Å². The molecule has 0 bridgehead atoms. The van der Waals surface area contributed by atoms with Gasteiger partial charge in [0.25, 0.3) is 5.91 Å². The fraction of sp³-hybridized carbons (Fsp3) is 0.217. The Morgan fingerprint density at radius 3 is 2.56 bits per heavy atom. The summed E-state index contributed by atoms with van der Waals surface area (Å²) >= 11 is 6.03. The van der Waals surface area contributed by atoms with E-state index in [1.54, 1.807) is 61.5 Å². The maximum atomic E-state index is 13.6. The maximum Gasteiger partial charge on any atom is 0.255 e. The van der Waals surface area contributed by atoms with Crippen LogP contribution in [0, 0.1) is 12.3 Å². The van der Waals surface area contributed by atoms with Crippen LogP contribution in [-0.2, 0) is 9.84 Å². The van der Waals surface area contributed by atoms with Crippen molar-refractivity contribution in [1.29, 1.82) is 5.41 Å². The zero-order valence-electron chi connectivity index (χ0n) is 17.4. The third-order valence-corrected chi connectivity index (χ3v) is 7.97. The lowest BCUT2D eigenvalue weighted by atomic mass is 10.0. The van der Waals surface area contributed by atoms with Crippen LogP contribution >= 0.6 is 11.6 Å². The van der Waals surface area contributed by atoms with Crippen molar-refractivity contribution in [3.63, 3.8) is 0 Å². The summed E-state index contributed by atoms with van der Waals surface area (Å²) < 4.78 is 27.1. The highest BCUT2D eigenvalue weighted by Gasteiger charge is 2.38. The van der Waals surface area contributed by atoms with E-state index in [0.29, 0.717) is 28.3 Å². The molecule has 0 spiro atoms. The molecule has 1 saturated heterocycles. The van der Waals surface area contributed by atoms with Gasteiger partial charge in [-0.15, -0.1) is 0 Å². The molecule has 4 N–H and O–H groups in total. The average Bonchev–Trinajstić information content (AvgIpc) is 2.78. The van der Waals surface area contributed by atoms with Gasteiger partial charge in [0.05, 0.1) is 4.90 Å². The number of carbonyl (C=O) groups is 1. The number of fused-ring (bicyclic) bond motifs is 1. The Kier molecular flexibility index (Phi) is 5.94. The number of hydrogen-bond donors (Lipinski definition) is 3. The van der Waals surface area contributed by atoms with Gasteiger partial charge in [0, 0.05) is 35.8 Å². The number of nitrogens with one attached hydrogen (secondary N) is 2. The van der Waals surface area contributed by atoms with Gasteiger partial charge in [-0.05, 0) is 59.7 Å². The highest BCUT2D eigenvalue weighted by molar-refractivity contribution is 7.92. The number of piperazine rings is 1. The van der Waals surface area contributed by atoms with E-state index in [0.717, 1.165) is 10.8 Å². The molecule has 166 valence electrons. The van der Waals surface area contributed by atoms with Crippen LogP contribution in [0.4, 0.5) is 0 Å². The minimum atomic E-state index is -3.84. The van der Waals surface area contributed by atoms with E-state index in [1.165, 1.54) is 4.90 Å². The fourth-order valence-electron chi connectivity index (χ4n) is 3.94. The number of amides is 1. The second-order valence-electron chi connectivity index (χ2n) is 7.80. The minimum absolute atomic E-state index is 0.0904. The highest BCUT2D eigenvalue weighted by atomic mass is 35.5. The number of amidine groups is 1. The van der Waals surface area contributed by atoms with Crippen molar-refractivity contribution < 1.29 is 13.2 Å². The van der Waals surface area contributed by atoms with Gasteiger partial charge in [0.2, 0.25) is 9.84 Å². The van der Waals surface area contributed by atoms with Crippen molar-refractivity contribution in [3.8, 4) is 0 Å². The summed E-state index contributed by atoms with van der Waals surface area (Å²) in [6.07, 6.45) is 0. The molecule has 1 unspecified atom stereocenters. The molecule has 0 aromatic heterocycles. The van der Waals surface area contributed by atoms with E-state index in [2.05, 4.69) is 5.32 Å². The van der Waals surface area contributed by atoms with E-state index in [4.69, 9.17) is 22.7 Å². The first kappa shape index (κ1) is 22.3. The average molecular weight is 471 g/mol. The third-order valence-electron chi connectivity index (χ3n) is 5.69. The van der Waals surface area contributed by atoms with Crippen LogP contribution in [0.3, 0.4) is 0 Å². The smallest absolute Gasteiger partial charge is 0.255 e. The fourth-order valence-corrected chi connectivity index (χ4v) is 5.86. The Hall–Kier alpha value is -2.94. The Labute approximate surface area is 191 Å². The van der Waals surface area contributed by atoms with E-state index >= 15 is 0 Å². The zero-order valence-corrected chi connectivity index (χ0v) is 19.0. The predicted molar refractivity (Wildman–Crippen MR) is 126 cm³/mol. The zero-order chi connectivity index (χ0) is 23.0. The van der Waals surface area contributed by atoms with Gasteiger partial charge in [-0.25, -0.2) is 8.42 Å². The number of nitrogens with two attached hydrogens (primary N) is 1. The summed E-state index contributed by atoms with van der Waals surface area (Å²) in [7, 11) is -3.84. The first-order valence-corrected chi connectivity index (χ1v) is 12.0. The van der Waals surface area contributed by atoms with Crippen molar-refractivity contribution in [2.24, 2.45) is 5.73 Å². The third kappa shape index (κ3) is 4.09. The lowest BCUT2D eigenvalue weighted by molar-refractivity contribution is 0.0703. The first-order chi connectivity index (χ1) is 15.2. The van der Waals surface area contributed by atoms with Crippen LogP contribution in [-0.4, -0.2) is 50.1 Å². The topological polar surface area (TPSA) is 116 Å². The molecule has 1 heterocycles. The molecule has 1 aliphatic rings. The van der Waals surface area contributed by atoms with Gasteiger partial charge in [0.1, 0.15) is 5.84 Å². The van der Waals surface area contributed by atoms with E-state index < -0.39 is 15.2 Å². The molecular weight excluding hydrogens is 448 g/mol. The molecule has 1 amide bonds.